The predicted molar refractivity (Wildman–Crippen MR) is 137 cm³/mol. The Kier molecular flexibility index (Phi) is 6.52. The maximum absolute atomic E-state index is 13.5. The van der Waals surface area contributed by atoms with E-state index in [-0.39, 0.29) is 24.4 Å². The van der Waals surface area contributed by atoms with Crippen LogP contribution in [-0.2, 0) is 4.79 Å². The highest BCUT2D eigenvalue weighted by molar-refractivity contribution is 7.15. The molecule has 4 aromatic rings. The molecule has 0 aliphatic rings. The lowest BCUT2D eigenvalue weighted by molar-refractivity contribution is -0.116. The molecule has 2 amide bonds. The number of thiophene rings is 1. The molecule has 0 aliphatic heterocycles. The summed E-state index contributed by atoms with van der Waals surface area (Å²) in [5.41, 5.74) is 4.62. The minimum Gasteiger partial charge on any atom is -0.332 e. The molecule has 1 N–H and O–H groups in total. The normalized spacial score (nSPS) is 11.3. The van der Waals surface area contributed by atoms with E-state index in [2.05, 4.69) is 10.4 Å². The molecule has 0 bridgehead atoms. The first-order valence-electron chi connectivity index (χ1n) is 11.2. The Labute approximate surface area is 203 Å². The van der Waals surface area contributed by atoms with Crippen LogP contribution in [0.4, 0.5) is 5.69 Å². The molecule has 0 spiro atoms. The van der Waals surface area contributed by atoms with E-state index >= 15 is 0 Å². The Morgan fingerprint density at radius 3 is 2.44 bits per heavy atom. The highest BCUT2D eigenvalue weighted by atomic mass is 32.1. The van der Waals surface area contributed by atoms with E-state index in [1.54, 1.807) is 24.6 Å². The molecule has 34 heavy (non-hydrogen) atoms. The van der Waals surface area contributed by atoms with Crippen LogP contribution >= 0.6 is 11.3 Å². The zero-order chi connectivity index (χ0) is 24.6. The molecule has 0 saturated heterocycles. The molecular weight excluding hydrogens is 446 g/mol. The molecular formula is C26H29N5O2S. The molecule has 0 unspecified atom stereocenters. The van der Waals surface area contributed by atoms with E-state index in [1.165, 1.54) is 9.78 Å². The lowest BCUT2D eigenvalue weighted by atomic mass is 10.1. The number of aromatic nitrogens is 3. The number of pyridine rings is 1. The van der Waals surface area contributed by atoms with Crippen LogP contribution in [0.15, 0.2) is 42.6 Å². The summed E-state index contributed by atoms with van der Waals surface area (Å²) in [6.45, 7) is 9.93. The first-order valence-corrected chi connectivity index (χ1v) is 12.0. The van der Waals surface area contributed by atoms with Crippen molar-refractivity contribution in [1.29, 1.82) is 0 Å². The third kappa shape index (κ3) is 4.59. The number of benzene rings is 1. The Balaban J connectivity index is 1.66. The largest absolute Gasteiger partial charge is 0.332 e. The van der Waals surface area contributed by atoms with Crippen LogP contribution in [0.1, 0.15) is 46.3 Å². The van der Waals surface area contributed by atoms with Crippen LogP contribution in [0.2, 0.25) is 0 Å². The second kappa shape index (κ2) is 9.38. The van der Waals surface area contributed by atoms with E-state index < -0.39 is 0 Å². The van der Waals surface area contributed by atoms with Gasteiger partial charge in [-0.05, 0) is 63.9 Å². The van der Waals surface area contributed by atoms with E-state index in [9.17, 15) is 9.59 Å². The minimum absolute atomic E-state index is 0.0673. The monoisotopic (exact) mass is 475 g/mol. The topological polar surface area (TPSA) is 80.1 Å². The van der Waals surface area contributed by atoms with Crippen LogP contribution in [-0.4, -0.2) is 45.1 Å². The molecule has 0 aliphatic carbocycles. The van der Waals surface area contributed by atoms with Crippen LogP contribution < -0.4 is 5.32 Å². The van der Waals surface area contributed by atoms with Crippen molar-refractivity contribution in [2.75, 3.05) is 18.9 Å². The zero-order valence-electron chi connectivity index (χ0n) is 20.3. The van der Waals surface area contributed by atoms with Crippen molar-refractivity contribution < 1.29 is 9.59 Å². The summed E-state index contributed by atoms with van der Waals surface area (Å²) in [5.74, 6) is -0.493. The van der Waals surface area contributed by atoms with E-state index in [4.69, 9.17) is 4.98 Å². The third-order valence-electron chi connectivity index (χ3n) is 5.75. The van der Waals surface area contributed by atoms with E-state index in [1.807, 2.05) is 75.7 Å². The lowest BCUT2D eigenvalue weighted by Gasteiger charge is -2.19. The summed E-state index contributed by atoms with van der Waals surface area (Å²) in [7, 11) is 1.64. The Morgan fingerprint density at radius 2 is 1.82 bits per heavy atom. The molecule has 176 valence electrons. The highest BCUT2D eigenvalue weighted by Gasteiger charge is 2.23. The number of para-hydroxylation sites is 1. The number of rotatable bonds is 6. The van der Waals surface area contributed by atoms with Gasteiger partial charge in [-0.1, -0.05) is 18.2 Å². The van der Waals surface area contributed by atoms with E-state index in [0.717, 1.165) is 27.4 Å². The average molecular weight is 476 g/mol. The smallest absolute Gasteiger partial charge is 0.254 e. The fraction of sp³-hybridized carbons (Fsp3) is 0.308. The molecule has 3 heterocycles. The molecule has 7 nitrogen and oxygen atoms in total. The van der Waals surface area contributed by atoms with Gasteiger partial charge in [0.2, 0.25) is 5.91 Å². The van der Waals surface area contributed by atoms with Crippen molar-refractivity contribution in [3.8, 4) is 10.6 Å². The van der Waals surface area contributed by atoms with Crippen LogP contribution in [0.5, 0.6) is 0 Å². The first kappa shape index (κ1) is 23.6. The van der Waals surface area contributed by atoms with Gasteiger partial charge in [-0.15, -0.1) is 11.3 Å². The molecule has 0 atom stereocenters. The van der Waals surface area contributed by atoms with Gasteiger partial charge in [0.1, 0.15) is 0 Å². The number of likely N-dealkylation sites (N-methyl/N-ethyl adjacent to an activating group) is 1. The van der Waals surface area contributed by atoms with Crippen LogP contribution in [0, 0.1) is 20.8 Å². The molecule has 8 heteroatoms. The quantitative estimate of drug-likeness (QED) is 0.406. The van der Waals surface area contributed by atoms with Crippen molar-refractivity contribution in [3.63, 3.8) is 0 Å². The predicted octanol–water partition coefficient (Wildman–Crippen LogP) is 5.38. The van der Waals surface area contributed by atoms with Crippen molar-refractivity contribution in [3.05, 3.63) is 64.2 Å². The van der Waals surface area contributed by atoms with E-state index in [0.29, 0.717) is 16.6 Å². The van der Waals surface area contributed by atoms with Crippen LogP contribution in [0.25, 0.3) is 21.6 Å². The molecule has 0 fully saturated rings. The number of carbonyl (C=O) groups excluding carboxylic acids is 2. The minimum atomic E-state index is -0.248. The van der Waals surface area contributed by atoms with Gasteiger partial charge >= 0.3 is 0 Å². The van der Waals surface area contributed by atoms with Crippen molar-refractivity contribution in [2.24, 2.45) is 0 Å². The van der Waals surface area contributed by atoms with Gasteiger partial charge in [0.15, 0.2) is 5.65 Å². The number of hydrogen-bond acceptors (Lipinski definition) is 5. The Bertz CT molecular complexity index is 1370. The van der Waals surface area contributed by atoms with Crippen molar-refractivity contribution >= 4 is 39.9 Å². The standard InChI is InChI=1S/C26H29N5O2S/c1-15(2)31-25-20(13-27-31)19(12-21(28-25)22-11-10-18(5)34-22)26(33)30(6)14-23(32)29-24-16(3)8-7-9-17(24)4/h7-13,15H,14H2,1-6H3,(H,29,32). The first-order chi connectivity index (χ1) is 16.2. The highest BCUT2D eigenvalue weighted by Crippen LogP contribution is 2.31. The van der Waals surface area contributed by atoms with Crippen molar-refractivity contribution in [1.82, 2.24) is 19.7 Å². The van der Waals surface area contributed by atoms with Crippen molar-refractivity contribution in [2.45, 2.75) is 40.7 Å². The SMILES string of the molecule is Cc1ccc(-c2cc(C(=O)N(C)CC(=O)Nc3c(C)cccc3C)c3cnn(C(C)C)c3n2)s1. The summed E-state index contributed by atoms with van der Waals surface area (Å²) in [6.07, 6.45) is 1.68. The molecule has 1 aromatic carbocycles. The summed E-state index contributed by atoms with van der Waals surface area (Å²) >= 11 is 1.63. The fourth-order valence-electron chi connectivity index (χ4n) is 3.95. The molecule has 3 aromatic heterocycles. The van der Waals surface area contributed by atoms with Gasteiger partial charge < -0.3 is 10.2 Å². The van der Waals surface area contributed by atoms with Gasteiger partial charge in [0.05, 0.1) is 34.3 Å². The lowest BCUT2D eigenvalue weighted by Crippen LogP contribution is -2.35. The number of amides is 2. The van der Waals surface area contributed by atoms with Gasteiger partial charge in [0, 0.05) is 23.7 Å². The Morgan fingerprint density at radius 1 is 1.12 bits per heavy atom. The number of nitrogens with zero attached hydrogens (tertiary/aromatic N) is 4. The molecule has 0 saturated carbocycles. The van der Waals surface area contributed by atoms with Crippen LogP contribution in [0.3, 0.4) is 0 Å². The number of hydrogen-bond donors (Lipinski definition) is 1. The Hall–Kier alpha value is -3.52. The average Bonchev–Trinajstić information content (AvgIpc) is 3.41. The third-order valence-corrected chi connectivity index (χ3v) is 6.78. The second-order valence-corrected chi connectivity index (χ2v) is 10.1. The summed E-state index contributed by atoms with van der Waals surface area (Å²) in [4.78, 5) is 34.7. The number of nitrogens with one attached hydrogen (secondary N) is 1. The number of carbonyl (C=O) groups is 2. The second-order valence-electron chi connectivity index (χ2n) is 8.86. The van der Waals surface area contributed by atoms with Gasteiger partial charge in [-0.3, -0.25) is 9.59 Å². The fourth-order valence-corrected chi connectivity index (χ4v) is 4.78. The molecule has 4 rings (SSSR count). The summed E-state index contributed by atoms with van der Waals surface area (Å²) < 4.78 is 1.82. The summed E-state index contributed by atoms with van der Waals surface area (Å²) in [5, 5.41) is 8.11. The van der Waals surface area contributed by atoms with Gasteiger partial charge in [-0.25, -0.2) is 9.67 Å². The number of anilines is 1. The zero-order valence-corrected chi connectivity index (χ0v) is 21.2. The van der Waals surface area contributed by atoms with Gasteiger partial charge in [-0.2, -0.15) is 5.10 Å². The summed E-state index contributed by atoms with van der Waals surface area (Å²) in [6, 6.07) is 11.8. The van der Waals surface area contributed by atoms with Gasteiger partial charge in [0.25, 0.3) is 5.91 Å². The number of aryl methyl sites for hydroxylation is 3. The maximum Gasteiger partial charge on any atom is 0.254 e. The number of fused-ring (bicyclic) bond motifs is 1. The maximum atomic E-state index is 13.5. The molecule has 0 radical (unpaired) electrons.